The maximum Gasteiger partial charge on any atom is 0.0594 e. The van der Waals surface area contributed by atoms with Crippen LogP contribution in [0.1, 0.15) is 71.6 Å². The van der Waals surface area contributed by atoms with Gasteiger partial charge >= 0.3 is 0 Å². The molecule has 0 aromatic heterocycles. The van der Waals surface area contributed by atoms with Crippen LogP contribution in [-0.2, 0) is 4.74 Å². The number of ether oxygens (including phenoxy) is 1. The van der Waals surface area contributed by atoms with Crippen LogP contribution < -0.4 is 0 Å². The van der Waals surface area contributed by atoms with Crippen LogP contribution in [0.3, 0.4) is 0 Å². The third-order valence-corrected chi connectivity index (χ3v) is 4.71. The number of hydrogen-bond donors (Lipinski definition) is 0. The van der Waals surface area contributed by atoms with E-state index in [-0.39, 0.29) is 0 Å². The predicted molar refractivity (Wildman–Crippen MR) is 96.6 cm³/mol. The monoisotopic (exact) mass is 312 g/mol. The Morgan fingerprint density at radius 2 is 1.14 bits per heavy atom. The van der Waals surface area contributed by atoms with Gasteiger partial charge in [-0.15, -0.1) is 0 Å². The second-order valence-corrected chi connectivity index (χ2v) is 6.77. The topological polar surface area (TPSA) is 15.7 Å². The van der Waals surface area contributed by atoms with E-state index in [0.717, 1.165) is 26.3 Å². The Labute approximate surface area is 139 Å². The molecule has 0 radical (unpaired) electrons. The van der Waals surface area contributed by atoms with Crippen molar-refractivity contribution in [1.82, 2.24) is 9.80 Å². The van der Waals surface area contributed by atoms with Crippen LogP contribution in [0.5, 0.6) is 0 Å². The lowest BCUT2D eigenvalue weighted by Crippen LogP contribution is -2.36. The van der Waals surface area contributed by atoms with Gasteiger partial charge in [0.25, 0.3) is 0 Å². The van der Waals surface area contributed by atoms with Crippen molar-refractivity contribution in [1.29, 1.82) is 0 Å². The molecule has 3 heteroatoms. The maximum absolute atomic E-state index is 5.26. The zero-order valence-electron chi connectivity index (χ0n) is 15.3. The van der Waals surface area contributed by atoms with Gasteiger partial charge in [0.05, 0.1) is 13.2 Å². The molecule has 2 aliphatic rings. The largest absolute Gasteiger partial charge is 0.379 e. The van der Waals surface area contributed by atoms with Crippen molar-refractivity contribution in [2.45, 2.75) is 71.6 Å². The van der Waals surface area contributed by atoms with Gasteiger partial charge in [0.1, 0.15) is 0 Å². The van der Waals surface area contributed by atoms with Gasteiger partial charge in [0, 0.05) is 13.1 Å². The molecule has 0 aromatic carbocycles. The SMILES string of the molecule is CCCCCN1CCCCC1.CCCCCN1CCOCC1. The van der Waals surface area contributed by atoms with Crippen LogP contribution in [0.4, 0.5) is 0 Å². The van der Waals surface area contributed by atoms with Gasteiger partial charge in [-0.05, 0) is 51.9 Å². The molecule has 0 unspecified atom stereocenters. The van der Waals surface area contributed by atoms with Gasteiger partial charge < -0.3 is 9.64 Å². The average molecular weight is 313 g/mol. The van der Waals surface area contributed by atoms with E-state index in [1.165, 1.54) is 84.0 Å². The summed E-state index contributed by atoms with van der Waals surface area (Å²) >= 11 is 0. The highest BCUT2D eigenvalue weighted by atomic mass is 16.5. The van der Waals surface area contributed by atoms with Gasteiger partial charge in [-0.1, -0.05) is 46.0 Å². The number of unbranched alkanes of at least 4 members (excludes halogenated alkanes) is 4. The Morgan fingerprint density at radius 1 is 0.636 bits per heavy atom. The summed E-state index contributed by atoms with van der Waals surface area (Å²) < 4.78 is 5.26. The molecule has 0 bridgehead atoms. The first-order valence-corrected chi connectivity index (χ1v) is 9.89. The first-order valence-electron chi connectivity index (χ1n) is 9.89. The highest BCUT2D eigenvalue weighted by Gasteiger charge is 2.09. The van der Waals surface area contributed by atoms with Crippen LogP contribution in [0, 0.1) is 0 Å². The van der Waals surface area contributed by atoms with Gasteiger partial charge in [0.2, 0.25) is 0 Å². The van der Waals surface area contributed by atoms with Crippen molar-refractivity contribution in [3.63, 3.8) is 0 Å². The molecule has 0 aromatic rings. The number of rotatable bonds is 8. The Balaban J connectivity index is 0.000000220. The molecule has 0 N–H and O–H groups in total. The predicted octanol–water partition coefficient (Wildman–Crippen LogP) is 4.17. The standard InChI is InChI=1S/C10H21N.C9H19NO/c1-2-3-5-8-11-9-6-4-7-10-11;1-2-3-4-5-10-6-8-11-9-7-10/h2-10H2,1H3;2-9H2,1H3. The second kappa shape index (κ2) is 14.5. The molecule has 2 heterocycles. The number of morpholine rings is 1. The first kappa shape index (κ1) is 19.9. The van der Waals surface area contributed by atoms with Crippen LogP contribution in [0.2, 0.25) is 0 Å². The second-order valence-electron chi connectivity index (χ2n) is 6.77. The summed E-state index contributed by atoms with van der Waals surface area (Å²) in [4.78, 5) is 5.12. The molecule has 0 aliphatic carbocycles. The van der Waals surface area contributed by atoms with Crippen molar-refractivity contribution in [2.75, 3.05) is 52.5 Å². The van der Waals surface area contributed by atoms with E-state index < -0.39 is 0 Å². The molecule has 0 spiro atoms. The van der Waals surface area contributed by atoms with E-state index in [1.54, 1.807) is 0 Å². The first-order chi connectivity index (χ1) is 10.9. The Morgan fingerprint density at radius 3 is 1.64 bits per heavy atom. The molecule has 2 saturated heterocycles. The summed E-state index contributed by atoms with van der Waals surface area (Å²) in [6.45, 7) is 14.0. The van der Waals surface area contributed by atoms with Crippen molar-refractivity contribution >= 4 is 0 Å². The van der Waals surface area contributed by atoms with Crippen molar-refractivity contribution in [3.05, 3.63) is 0 Å². The highest BCUT2D eigenvalue weighted by Crippen LogP contribution is 2.09. The van der Waals surface area contributed by atoms with Gasteiger partial charge in [-0.2, -0.15) is 0 Å². The fourth-order valence-corrected chi connectivity index (χ4v) is 3.18. The molecule has 2 aliphatic heterocycles. The van der Waals surface area contributed by atoms with E-state index in [1.807, 2.05) is 0 Å². The van der Waals surface area contributed by atoms with Crippen molar-refractivity contribution < 1.29 is 4.74 Å². The molecule has 132 valence electrons. The number of likely N-dealkylation sites (tertiary alicyclic amines) is 1. The molecule has 2 rings (SSSR count). The minimum Gasteiger partial charge on any atom is -0.379 e. The number of hydrogen-bond acceptors (Lipinski definition) is 3. The summed E-state index contributed by atoms with van der Waals surface area (Å²) in [5.41, 5.74) is 0. The molecule has 0 saturated carbocycles. The fourth-order valence-electron chi connectivity index (χ4n) is 3.18. The highest BCUT2D eigenvalue weighted by molar-refractivity contribution is 4.64. The van der Waals surface area contributed by atoms with E-state index in [9.17, 15) is 0 Å². The van der Waals surface area contributed by atoms with E-state index in [0.29, 0.717) is 0 Å². The molecule has 3 nitrogen and oxygen atoms in total. The molecule has 2 fully saturated rings. The lowest BCUT2D eigenvalue weighted by atomic mass is 10.1. The Hall–Kier alpha value is -0.120. The minimum atomic E-state index is 0.937. The minimum absolute atomic E-state index is 0.937. The molecular formula is C19H40N2O. The van der Waals surface area contributed by atoms with Crippen LogP contribution >= 0.6 is 0 Å². The number of nitrogens with zero attached hydrogens (tertiary/aromatic N) is 2. The summed E-state index contributed by atoms with van der Waals surface area (Å²) in [6.07, 6.45) is 12.6. The average Bonchev–Trinajstić information content (AvgIpc) is 2.58. The quantitative estimate of drug-likeness (QED) is 0.626. The van der Waals surface area contributed by atoms with E-state index >= 15 is 0 Å². The lowest BCUT2D eigenvalue weighted by molar-refractivity contribution is 0.0372. The molecule has 22 heavy (non-hydrogen) atoms. The Bertz CT molecular complexity index is 199. The van der Waals surface area contributed by atoms with Gasteiger partial charge in [-0.3, -0.25) is 4.90 Å². The lowest BCUT2D eigenvalue weighted by Gasteiger charge is -2.26. The van der Waals surface area contributed by atoms with E-state index in [4.69, 9.17) is 4.74 Å². The third kappa shape index (κ3) is 10.6. The zero-order chi connectivity index (χ0) is 15.9. The van der Waals surface area contributed by atoms with Crippen molar-refractivity contribution in [3.8, 4) is 0 Å². The fraction of sp³-hybridized carbons (Fsp3) is 1.00. The van der Waals surface area contributed by atoms with Crippen LogP contribution in [0.15, 0.2) is 0 Å². The normalized spacial score (nSPS) is 20.5. The molecule has 0 amide bonds. The van der Waals surface area contributed by atoms with Crippen LogP contribution in [-0.4, -0.2) is 62.3 Å². The maximum atomic E-state index is 5.26. The Kier molecular flexibility index (Phi) is 13.1. The zero-order valence-corrected chi connectivity index (χ0v) is 15.3. The summed E-state index contributed by atoms with van der Waals surface area (Å²) in [5, 5.41) is 0. The summed E-state index contributed by atoms with van der Waals surface area (Å²) in [5.74, 6) is 0. The molecular weight excluding hydrogens is 272 g/mol. The van der Waals surface area contributed by atoms with Gasteiger partial charge in [0.15, 0.2) is 0 Å². The summed E-state index contributed by atoms with van der Waals surface area (Å²) in [7, 11) is 0. The smallest absolute Gasteiger partial charge is 0.0594 e. The molecule has 0 atom stereocenters. The number of piperidine rings is 1. The summed E-state index contributed by atoms with van der Waals surface area (Å²) in [6, 6.07) is 0. The van der Waals surface area contributed by atoms with E-state index in [2.05, 4.69) is 23.6 Å². The van der Waals surface area contributed by atoms with Gasteiger partial charge in [-0.25, -0.2) is 0 Å². The van der Waals surface area contributed by atoms with Crippen LogP contribution in [0.25, 0.3) is 0 Å². The van der Waals surface area contributed by atoms with Crippen molar-refractivity contribution in [2.24, 2.45) is 0 Å². The third-order valence-electron chi connectivity index (χ3n) is 4.71.